The van der Waals surface area contributed by atoms with Crippen LogP contribution < -0.4 is 19.5 Å². The van der Waals surface area contributed by atoms with Crippen molar-refractivity contribution in [3.05, 3.63) is 47.5 Å². The van der Waals surface area contributed by atoms with E-state index >= 15 is 0 Å². The molecule has 0 saturated heterocycles. The van der Waals surface area contributed by atoms with E-state index in [0.717, 1.165) is 0 Å². The standard InChI is InChI=1S/C19H17NO7.CH4/c21-10-13-7-12(1-3-15(13)23)2-4-19(24)27-16-9-18-17(25-5-6-26-18)8-14(16)20-11-22;/h1-4,7-9,11,21,23H,5-6,10H2,(H,20,22);1H4/b4-2+;. The van der Waals surface area contributed by atoms with Crippen LogP contribution in [0.2, 0.25) is 0 Å². The molecule has 1 aliphatic rings. The Kier molecular flexibility index (Phi) is 7.00. The predicted molar refractivity (Wildman–Crippen MR) is 103 cm³/mol. The zero-order valence-electron chi connectivity index (χ0n) is 14.2. The van der Waals surface area contributed by atoms with E-state index in [1.807, 2.05) is 0 Å². The molecule has 28 heavy (non-hydrogen) atoms. The molecule has 0 radical (unpaired) electrons. The van der Waals surface area contributed by atoms with E-state index < -0.39 is 5.97 Å². The summed E-state index contributed by atoms with van der Waals surface area (Å²) in [5.74, 6) is 0.261. The number of phenols is 1. The lowest BCUT2D eigenvalue weighted by atomic mass is 10.1. The summed E-state index contributed by atoms with van der Waals surface area (Å²) in [5, 5.41) is 21.2. The van der Waals surface area contributed by atoms with Gasteiger partial charge in [0.25, 0.3) is 0 Å². The lowest BCUT2D eigenvalue weighted by Gasteiger charge is -2.20. The SMILES string of the molecule is C.O=CNc1cc2c(cc1OC(=O)/C=C/c1ccc(O)c(CO)c1)OCCO2. The third-order valence-corrected chi connectivity index (χ3v) is 3.76. The number of amides is 1. The van der Waals surface area contributed by atoms with E-state index in [1.54, 1.807) is 12.1 Å². The van der Waals surface area contributed by atoms with Crippen LogP contribution in [-0.4, -0.2) is 35.8 Å². The third kappa shape index (κ3) is 4.80. The average molecular weight is 387 g/mol. The van der Waals surface area contributed by atoms with Gasteiger partial charge in [-0.2, -0.15) is 0 Å². The summed E-state index contributed by atoms with van der Waals surface area (Å²) in [6.07, 6.45) is 3.13. The topological polar surface area (TPSA) is 114 Å². The zero-order chi connectivity index (χ0) is 19.2. The molecule has 0 spiro atoms. The highest BCUT2D eigenvalue weighted by atomic mass is 16.6. The molecule has 148 valence electrons. The first-order chi connectivity index (χ1) is 13.1. The summed E-state index contributed by atoms with van der Waals surface area (Å²) in [7, 11) is 0. The summed E-state index contributed by atoms with van der Waals surface area (Å²) >= 11 is 0. The molecule has 2 aromatic carbocycles. The van der Waals surface area contributed by atoms with Gasteiger partial charge in [-0.1, -0.05) is 13.5 Å². The van der Waals surface area contributed by atoms with E-state index in [4.69, 9.17) is 19.3 Å². The minimum Gasteiger partial charge on any atom is -0.508 e. The molecule has 0 bridgehead atoms. The minimum atomic E-state index is -0.681. The smallest absolute Gasteiger partial charge is 0.336 e. The number of nitrogens with one attached hydrogen (secondary N) is 1. The molecule has 1 amide bonds. The molecule has 1 heterocycles. The number of rotatable bonds is 6. The molecule has 0 aliphatic carbocycles. The summed E-state index contributed by atoms with van der Waals surface area (Å²) in [4.78, 5) is 22.9. The molecule has 2 aromatic rings. The summed E-state index contributed by atoms with van der Waals surface area (Å²) in [6.45, 7) is 0.433. The van der Waals surface area contributed by atoms with E-state index in [2.05, 4.69) is 5.32 Å². The Balaban J connectivity index is 0.00000280. The Morgan fingerprint density at radius 2 is 1.89 bits per heavy atom. The number of ether oxygens (including phenoxy) is 3. The van der Waals surface area contributed by atoms with Crippen molar-refractivity contribution in [2.75, 3.05) is 18.5 Å². The van der Waals surface area contributed by atoms with Crippen LogP contribution in [0.25, 0.3) is 6.08 Å². The maximum absolute atomic E-state index is 12.1. The monoisotopic (exact) mass is 387 g/mol. The van der Waals surface area contributed by atoms with Crippen molar-refractivity contribution in [2.45, 2.75) is 14.0 Å². The second-order valence-corrected chi connectivity index (χ2v) is 5.55. The van der Waals surface area contributed by atoms with Crippen LogP contribution >= 0.6 is 0 Å². The molecule has 3 rings (SSSR count). The van der Waals surface area contributed by atoms with E-state index in [9.17, 15) is 14.7 Å². The van der Waals surface area contributed by atoms with Crippen molar-refractivity contribution in [1.82, 2.24) is 0 Å². The van der Waals surface area contributed by atoms with E-state index in [0.29, 0.717) is 42.2 Å². The first-order valence-corrected chi connectivity index (χ1v) is 8.07. The minimum absolute atomic E-state index is 0. The molecule has 3 N–H and O–H groups in total. The fourth-order valence-corrected chi connectivity index (χ4v) is 2.47. The van der Waals surface area contributed by atoms with Gasteiger partial charge in [0.15, 0.2) is 17.2 Å². The van der Waals surface area contributed by atoms with Gasteiger partial charge >= 0.3 is 5.97 Å². The van der Waals surface area contributed by atoms with Crippen molar-refractivity contribution >= 4 is 24.1 Å². The van der Waals surface area contributed by atoms with Crippen LogP contribution in [0.5, 0.6) is 23.0 Å². The van der Waals surface area contributed by atoms with Gasteiger partial charge in [-0.25, -0.2) is 4.79 Å². The highest BCUT2D eigenvalue weighted by molar-refractivity contribution is 5.90. The number of esters is 1. The Bertz CT molecular complexity index is 892. The van der Waals surface area contributed by atoms with Gasteiger partial charge < -0.3 is 29.7 Å². The summed E-state index contributed by atoms with van der Waals surface area (Å²) in [6, 6.07) is 7.53. The van der Waals surface area contributed by atoms with Gasteiger partial charge in [-0.05, 0) is 23.8 Å². The van der Waals surface area contributed by atoms with Crippen LogP contribution in [0.3, 0.4) is 0 Å². The molecular weight excluding hydrogens is 366 g/mol. The number of fused-ring (bicyclic) bond motifs is 1. The molecule has 0 saturated carbocycles. The van der Waals surface area contributed by atoms with Crippen molar-refractivity contribution in [2.24, 2.45) is 0 Å². The molecule has 0 fully saturated rings. The Morgan fingerprint density at radius 3 is 2.57 bits per heavy atom. The molecule has 0 unspecified atom stereocenters. The first-order valence-electron chi connectivity index (χ1n) is 8.07. The Morgan fingerprint density at radius 1 is 1.18 bits per heavy atom. The number of carbonyl (C=O) groups is 2. The van der Waals surface area contributed by atoms with Crippen molar-refractivity contribution in [1.29, 1.82) is 0 Å². The van der Waals surface area contributed by atoms with Crippen LogP contribution in [-0.2, 0) is 16.2 Å². The highest BCUT2D eigenvalue weighted by Crippen LogP contribution is 2.39. The predicted octanol–water partition coefficient (Wildman–Crippen LogP) is 2.48. The number of carbonyl (C=O) groups excluding carboxylic acids is 2. The molecule has 8 heteroatoms. The lowest BCUT2D eigenvalue weighted by Crippen LogP contribution is -2.16. The van der Waals surface area contributed by atoms with Crippen molar-refractivity contribution in [3.8, 4) is 23.0 Å². The van der Waals surface area contributed by atoms with Gasteiger partial charge in [-0.3, -0.25) is 4.79 Å². The van der Waals surface area contributed by atoms with Crippen LogP contribution in [0, 0.1) is 0 Å². The lowest BCUT2D eigenvalue weighted by molar-refractivity contribution is -0.128. The normalized spacial score (nSPS) is 12.2. The second kappa shape index (κ2) is 9.43. The Labute approximate surface area is 162 Å². The second-order valence-electron chi connectivity index (χ2n) is 5.55. The number of aliphatic hydroxyl groups excluding tert-OH is 1. The molecule has 0 atom stereocenters. The summed E-state index contributed by atoms with van der Waals surface area (Å²) < 4.78 is 16.2. The molecule has 1 aliphatic heterocycles. The van der Waals surface area contributed by atoms with Gasteiger partial charge in [0.2, 0.25) is 6.41 Å². The zero-order valence-corrected chi connectivity index (χ0v) is 14.2. The number of anilines is 1. The first kappa shape index (κ1) is 20.8. The summed E-state index contributed by atoms with van der Waals surface area (Å²) in [5.41, 5.74) is 1.21. The maximum Gasteiger partial charge on any atom is 0.336 e. The van der Waals surface area contributed by atoms with Crippen LogP contribution in [0.15, 0.2) is 36.4 Å². The average Bonchev–Trinajstić information content (AvgIpc) is 2.68. The largest absolute Gasteiger partial charge is 0.508 e. The number of aromatic hydroxyl groups is 1. The van der Waals surface area contributed by atoms with E-state index in [-0.39, 0.29) is 31.2 Å². The van der Waals surface area contributed by atoms with Gasteiger partial charge in [-0.15, -0.1) is 0 Å². The van der Waals surface area contributed by atoms with Gasteiger partial charge in [0.1, 0.15) is 19.0 Å². The number of aliphatic hydroxyl groups is 1. The van der Waals surface area contributed by atoms with Crippen LogP contribution in [0.4, 0.5) is 5.69 Å². The van der Waals surface area contributed by atoms with Gasteiger partial charge in [0.05, 0.1) is 12.3 Å². The highest BCUT2D eigenvalue weighted by Gasteiger charge is 2.18. The third-order valence-electron chi connectivity index (χ3n) is 3.76. The van der Waals surface area contributed by atoms with Crippen LogP contribution in [0.1, 0.15) is 18.6 Å². The van der Waals surface area contributed by atoms with Gasteiger partial charge in [0, 0.05) is 23.8 Å². The Hall–Kier alpha value is -3.52. The van der Waals surface area contributed by atoms with Crippen molar-refractivity contribution < 1.29 is 34.0 Å². The molecule has 8 nitrogen and oxygen atoms in total. The van der Waals surface area contributed by atoms with Crippen molar-refractivity contribution in [3.63, 3.8) is 0 Å². The quantitative estimate of drug-likeness (QED) is 0.302. The maximum atomic E-state index is 12.1. The fourth-order valence-electron chi connectivity index (χ4n) is 2.47. The number of benzene rings is 2. The van der Waals surface area contributed by atoms with E-state index in [1.165, 1.54) is 30.4 Å². The molecular formula is C20H21NO7. The number of hydrogen-bond donors (Lipinski definition) is 3. The fraction of sp³-hybridized carbons (Fsp3) is 0.200. The molecule has 0 aromatic heterocycles. The number of hydrogen-bond acceptors (Lipinski definition) is 7.